The zero-order chi connectivity index (χ0) is 18.6. The van der Waals surface area contributed by atoms with Crippen LogP contribution in [0.2, 0.25) is 0 Å². The smallest absolute Gasteiger partial charge is 0.294 e. The number of imidazole rings is 1. The molecular formula is C18H14N6O3. The number of aryl methyl sites for hydroxylation is 1. The van der Waals surface area contributed by atoms with E-state index in [9.17, 15) is 4.79 Å². The molecule has 0 saturated heterocycles. The molecule has 1 N–H and O–H groups in total. The molecule has 1 aromatic carbocycles. The molecule has 4 aromatic rings. The Hall–Kier alpha value is -4.01. The molecule has 3 aromatic heterocycles. The van der Waals surface area contributed by atoms with Gasteiger partial charge in [0.1, 0.15) is 11.6 Å². The van der Waals surface area contributed by atoms with E-state index in [2.05, 4.69) is 25.7 Å². The van der Waals surface area contributed by atoms with Crippen molar-refractivity contribution in [2.75, 3.05) is 5.32 Å². The predicted octanol–water partition coefficient (Wildman–Crippen LogP) is 3.00. The maximum absolute atomic E-state index is 11.9. The Morgan fingerprint density at radius 1 is 1.07 bits per heavy atom. The van der Waals surface area contributed by atoms with Crippen LogP contribution in [0.25, 0.3) is 5.82 Å². The lowest BCUT2D eigenvalue weighted by Gasteiger charge is -2.07. The van der Waals surface area contributed by atoms with Gasteiger partial charge in [-0.2, -0.15) is 0 Å². The lowest BCUT2D eigenvalue weighted by molar-refractivity contribution is 0.0988. The molecule has 9 heteroatoms. The highest BCUT2D eigenvalue weighted by Gasteiger charge is 2.10. The number of benzene rings is 1. The van der Waals surface area contributed by atoms with Gasteiger partial charge < -0.3 is 14.6 Å². The van der Waals surface area contributed by atoms with Gasteiger partial charge >= 0.3 is 0 Å². The Labute approximate surface area is 153 Å². The van der Waals surface area contributed by atoms with Gasteiger partial charge in [0.25, 0.3) is 5.91 Å². The number of nitrogens with zero attached hydrogens (tertiary/aromatic N) is 5. The molecule has 0 aliphatic heterocycles. The summed E-state index contributed by atoms with van der Waals surface area (Å²) >= 11 is 0. The minimum absolute atomic E-state index is 0.138. The quantitative estimate of drug-likeness (QED) is 0.581. The first-order valence-electron chi connectivity index (χ1n) is 8.03. The molecule has 0 aliphatic rings. The van der Waals surface area contributed by atoms with Crippen LogP contribution in [-0.4, -0.2) is 30.8 Å². The van der Waals surface area contributed by atoms with E-state index in [4.69, 9.17) is 9.26 Å². The third-order valence-corrected chi connectivity index (χ3v) is 3.69. The zero-order valence-electron chi connectivity index (χ0n) is 14.2. The minimum Gasteiger partial charge on any atom is -0.438 e. The number of hydrogen-bond donors (Lipinski definition) is 1. The molecule has 4 rings (SSSR count). The summed E-state index contributed by atoms with van der Waals surface area (Å²) in [5.74, 6) is 2.16. The molecule has 9 nitrogen and oxygen atoms in total. The standard InChI is InChI=1S/C18H14N6O3/c1-12-19-10-11-24(12)16-6-7-17(23-22-16)26-14-4-2-13(3-5-14)21-18(25)15-8-9-20-27-15/h2-11H,1H3,(H,21,25). The average Bonchev–Trinajstić information content (AvgIpc) is 3.36. The van der Waals surface area contributed by atoms with E-state index >= 15 is 0 Å². The van der Waals surface area contributed by atoms with Crippen molar-refractivity contribution in [1.82, 2.24) is 24.9 Å². The third kappa shape index (κ3) is 3.66. The first-order valence-corrected chi connectivity index (χ1v) is 8.03. The molecule has 27 heavy (non-hydrogen) atoms. The summed E-state index contributed by atoms with van der Waals surface area (Å²) in [4.78, 5) is 16.1. The Bertz CT molecular complexity index is 1040. The summed E-state index contributed by atoms with van der Waals surface area (Å²) in [6.07, 6.45) is 4.92. The largest absolute Gasteiger partial charge is 0.438 e. The predicted molar refractivity (Wildman–Crippen MR) is 94.9 cm³/mol. The number of anilines is 1. The monoisotopic (exact) mass is 362 g/mol. The number of amides is 1. The fourth-order valence-electron chi connectivity index (χ4n) is 2.37. The van der Waals surface area contributed by atoms with Gasteiger partial charge in [-0.15, -0.1) is 10.2 Å². The highest BCUT2D eigenvalue weighted by molar-refractivity contribution is 6.02. The Morgan fingerprint density at radius 2 is 1.93 bits per heavy atom. The van der Waals surface area contributed by atoms with Crippen LogP contribution in [0.4, 0.5) is 5.69 Å². The maximum Gasteiger partial charge on any atom is 0.294 e. The molecule has 0 aliphatic carbocycles. The van der Waals surface area contributed by atoms with Crippen LogP contribution < -0.4 is 10.1 Å². The molecule has 0 spiro atoms. The van der Waals surface area contributed by atoms with Crippen molar-refractivity contribution in [2.24, 2.45) is 0 Å². The van der Waals surface area contributed by atoms with Gasteiger partial charge in [-0.25, -0.2) is 4.98 Å². The van der Waals surface area contributed by atoms with Crippen LogP contribution in [0.3, 0.4) is 0 Å². The first kappa shape index (κ1) is 16.5. The molecule has 0 radical (unpaired) electrons. The highest BCUT2D eigenvalue weighted by atomic mass is 16.5. The van der Waals surface area contributed by atoms with Gasteiger partial charge in [-0.05, 0) is 37.3 Å². The van der Waals surface area contributed by atoms with Crippen LogP contribution in [0.1, 0.15) is 16.4 Å². The van der Waals surface area contributed by atoms with Gasteiger partial charge in [0, 0.05) is 30.2 Å². The van der Waals surface area contributed by atoms with Crippen molar-refractivity contribution < 1.29 is 14.1 Å². The van der Waals surface area contributed by atoms with E-state index in [0.29, 0.717) is 23.1 Å². The van der Waals surface area contributed by atoms with Gasteiger partial charge in [-0.1, -0.05) is 5.16 Å². The molecule has 0 atom stereocenters. The topological polar surface area (TPSA) is 108 Å². The van der Waals surface area contributed by atoms with Crippen molar-refractivity contribution in [2.45, 2.75) is 6.92 Å². The lowest BCUT2D eigenvalue weighted by Crippen LogP contribution is -2.10. The van der Waals surface area contributed by atoms with Crippen molar-refractivity contribution in [1.29, 1.82) is 0 Å². The summed E-state index contributed by atoms with van der Waals surface area (Å²) in [5.41, 5.74) is 0.598. The first-order chi connectivity index (χ1) is 13.2. The fourth-order valence-corrected chi connectivity index (χ4v) is 2.37. The SMILES string of the molecule is Cc1nccn1-c1ccc(Oc2ccc(NC(=O)c3ccno3)cc2)nn1. The lowest BCUT2D eigenvalue weighted by atomic mass is 10.3. The van der Waals surface area contributed by atoms with Crippen LogP contribution in [0, 0.1) is 6.92 Å². The molecule has 0 fully saturated rings. The fraction of sp³-hybridized carbons (Fsp3) is 0.0556. The van der Waals surface area contributed by atoms with E-state index < -0.39 is 0 Å². The molecule has 0 saturated carbocycles. The van der Waals surface area contributed by atoms with Gasteiger partial charge in [-0.3, -0.25) is 9.36 Å². The van der Waals surface area contributed by atoms with E-state index in [1.165, 1.54) is 12.3 Å². The normalized spacial score (nSPS) is 10.6. The molecule has 0 bridgehead atoms. The molecular weight excluding hydrogens is 348 g/mol. The second-order valence-corrected chi connectivity index (χ2v) is 5.53. The van der Waals surface area contributed by atoms with Gasteiger partial charge in [0.15, 0.2) is 5.82 Å². The van der Waals surface area contributed by atoms with E-state index in [0.717, 1.165) is 5.82 Å². The molecule has 1 amide bonds. The Kier molecular flexibility index (Phi) is 4.32. The van der Waals surface area contributed by atoms with Crippen LogP contribution in [-0.2, 0) is 0 Å². The molecule has 3 heterocycles. The van der Waals surface area contributed by atoms with Crippen molar-refractivity contribution in [3.05, 3.63) is 72.6 Å². The van der Waals surface area contributed by atoms with Crippen LogP contribution in [0.5, 0.6) is 11.6 Å². The van der Waals surface area contributed by atoms with Crippen LogP contribution >= 0.6 is 0 Å². The van der Waals surface area contributed by atoms with Crippen molar-refractivity contribution in [3.63, 3.8) is 0 Å². The number of nitrogens with one attached hydrogen (secondary N) is 1. The average molecular weight is 362 g/mol. The zero-order valence-corrected chi connectivity index (χ0v) is 14.2. The molecule has 134 valence electrons. The second-order valence-electron chi connectivity index (χ2n) is 5.53. The van der Waals surface area contributed by atoms with Gasteiger partial charge in [0.2, 0.25) is 11.6 Å². The minimum atomic E-state index is -0.377. The van der Waals surface area contributed by atoms with E-state index in [-0.39, 0.29) is 11.7 Å². The van der Waals surface area contributed by atoms with Crippen molar-refractivity contribution in [3.8, 4) is 17.4 Å². The maximum atomic E-state index is 11.9. The van der Waals surface area contributed by atoms with E-state index in [1.807, 2.05) is 17.7 Å². The van der Waals surface area contributed by atoms with Crippen molar-refractivity contribution >= 4 is 11.6 Å². The Morgan fingerprint density at radius 3 is 2.56 bits per heavy atom. The number of aromatic nitrogens is 5. The summed E-state index contributed by atoms with van der Waals surface area (Å²) in [6.45, 7) is 1.88. The number of ether oxygens (including phenoxy) is 1. The van der Waals surface area contributed by atoms with E-state index in [1.54, 1.807) is 42.6 Å². The highest BCUT2D eigenvalue weighted by Crippen LogP contribution is 2.22. The Balaban J connectivity index is 1.41. The third-order valence-electron chi connectivity index (χ3n) is 3.69. The second kappa shape index (κ2) is 7.08. The summed E-state index contributed by atoms with van der Waals surface area (Å²) in [5, 5.41) is 14.4. The summed E-state index contributed by atoms with van der Waals surface area (Å²) in [7, 11) is 0. The number of hydrogen-bond acceptors (Lipinski definition) is 7. The molecule has 0 unspecified atom stereocenters. The number of carbonyl (C=O) groups is 1. The van der Waals surface area contributed by atoms with Crippen LogP contribution in [0.15, 0.2) is 65.6 Å². The number of carbonyl (C=O) groups excluding carboxylic acids is 1. The number of rotatable bonds is 5. The summed E-state index contributed by atoms with van der Waals surface area (Å²) < 4.78 is 12.3. The summed E-state index contributed by atoms with van der Waals surface area (Å²) in [6, 6.07) is 11.8. The van der Waals surface area contributed by atoms with Gasteiger partial charge in [0.05, 0.1) is 6.20 Å².